The molecule has 1 heterocycles. The summed E-state index contributed by atoms with van der Waals surface area (Å²) in [6.07, 6.45) is 0.662. The van der Waals surface area contributed by atoms with Crippen molar-refractivity contribution >= 4 is 29.4 Å². The van der Waals surface area contributed by atoms with Gasteiger partial charge >= 0.3 is 5.97 Å². The molecule has 1 atom stereocenters. The van der Waals surface area contributed by atoms with Crippen molar-refractivity contribution in [1.82, 2.24) is 10.6 Å². The second-order valence-corrected chi connectivity index (χ2v) is 6.09. The zero-order chi connectivity index (χ0) is 19.8. The summed E-state index contributed by atoms with van der Waals surface area (Å²) in [7, 11) is 0. The number of hydrogen-bond acceptors (Lipinski definition) is 5. The number of ether oxygens (including phenoxy) is 1. The van der Waals surface area contributed by atoms with E-state index in [2.05, 4.69) is 10.6 Å². The summed E-state index contributed by atoms with van der Waals surface area (Å²) in [5.74, 6) is -3.39. The molecule has 0 unspecified atom stereocenters. The van der Waals surface area contributed by atoms with Crippen molar-refractivity contribution in [3.8, 4) is 0 Å². The fraction of sp³-hybridized carbons (Fsp3) is 0.444. The number of carbonyl (C=O) groups excluding carboxylic acids is 4. The summed E-state index contributed by atoms with van der Waals surface area (Å²) in [5.41, 5.74) is 0.105. The Morgan fingerprint density at radius 1 is 1.22 bits per heavy atom. The van der Waals surface area contributed by atoms with E-state index in [4.69, 9.17) is 4.74 Å². The fourth-order valence-electron chi connectivity index (χ4n) is 2.58. The Kier molecular flexibility index (Phi) is 7.27. The van der Waals surface area contributed by atoms with Gasteiger partial charge in [0.15, 0.2) is 6.61 Å². The van der Waals surface area contributed by atoms with Crippen LogP contribution in [0.3, 0.4) is 0 Å². The number of amides is 3. The molecule has 0 aliphatic carbocycles. The van der Waals surface area contributed by atoms with Crippen molar-refractivity contribution in [2.45, 2.75) is 19.8 Å². The zero-order valence-electron chi connectivity index (χ0n) is 15.0. The molecule has 3 amide bonds. The van der Waals surface area contributed by atoms with Crippen molar-refractivity contribution in [1.29, 1.82) is 0 Å². The van der Waals surface area contributed by atoms with E-state index in [0.29, 0.717) is 6.54 Å². The quantitative estimate of drug-likeness (QED) is 0.635. The highest BCUT2D eigenvalue weighted by molar-refractivity contribution is 5.99. The Labute approximate surface area is 156 Å². The fourth-order valence-corrected chi connectivity index (χ4v) is 2.58. The molecule has 1 saturated heterocycles. The van der Waals surface area contributed by atoms with E-state index in [1.807, 2.05) is 6.92 Å². The summed E-state index contributed by atoms with van der Waals surface area (Å²) in [6.45, 7) is 1.64. The molecular formula is C18H22FN3O5. The lowest BCUT2D eigenvalue weighted by Crippen LogP contribution is -2.39. The Hall–Kier alpha value is -2.97. The average Bonchev–Trinajstić information content (AvgIpc) is 3.04. The van der Waals surface area contributed by atoms with E-state index in [-0.39, 0.29) is 37.0 Å². The van der Waals surface area contributed by atoms with Gasteiger partial charge in [-0.15, -0.1) is 0 Å². The van der Waals surface area contributed by atoms with Crippen LogP contribution in [0.2, 0.25) is 0 Å². The first-order valence-electron chi connectivity index (χ1n) is 8.67. The number of hydrogen-bond donors (Lipinski definition) is 2. The van der Waals surface area contributed by atoms with E-state index in [1.54, 1.807) is 6.07 Å². The molecule has 1 aromatic rings. The number of anilines is 1. The molecule has 1 aromatic carbocycles. The summed E-state index contributed by atoms with van der Waals surface area (Å²) in [5, 5.41) is 4.93. The van der Waals surface area contributed by atoms with Crippen LogP contribution in [0.4, 0.5) is 10.1 Å². The molecule has 1 aliphatic rings. The van der Waals surface area contributed by atoms with Crippen LogP contribution in [-0.2, 0) is 23.9 Å². The van der Waals surface area contributed by atoms with Crippen molar-refractivity contribution in [2.24, 2.45) is 5.92 Å². The van der Waals surface area contributed by atoms with Gasteiger partial charge in [0.05, 0.1) is 18.2 Å². The maximum absolute atomic E-state index is 13.8. The number of benzene rings is 1. The third-order valence-corrected chi connectivity index (χ3v) is 3.97. The molecule has 1 fully saturated rings. The SMILES string of the molecule is CCCNC(=O)CNC(=O)COC(=O)[C@@H]1CC(=O)N(c2ccccc2F)C1. The second-order valence-electron chi connectivity index (χ2n) is 6.09. The summed E-state index contributed by atoms with van der Waals surface area (Å²) < 4.78 is 18.7. The highest BCUT2D eigenvalue weighted by Crippen LogP contribution is 2.27. The molecule has 9 heteroatoms. The zero-order valence-corrected chi connectivity index (χ0v) is 15.0. The molecule has 0 saturated carbocycles. The maximum Gasteiger partial charge on any atom is 0.311 e. The van der Waals surface area contributed by atoms with Gasteiger partial charge in [-0.25, -0.2) is 4.39 Å². The predicted molar refractivity (Wildman–Crippen MR) is 94.1 cm³/mol. The minimum Gasteiger partial charge on any atom is -0.455 e. The Balaban J connectivity index is 1.78. The van der Waals surface area contributed by atoms with Gasteiger partial charge in [0.1, 0.15) is 5.82 Å². The van der Waals surface area contributed by atoms with Crippen LogP contribution in [0.5, 0.6) is 0 Å². The molecule has 27 heavy (non-hydrogen) atoms. The highest BCUT2D eigenvalue weighted by Gasteiger charge is 2.37. The van der Waals surface area contributed by atoms with E-state index in [9.17, 15) is 23.6 Å². The van der Waals surface area contributed by atoms with Crippen molar-refractivity contribution in [2.75, 3.05) is 31.1 Å². The van der Waals surface area contributed by atoms with E-state index in [0.717, 1.165) is 6.42 Å². The van der Waals surface area contributed by atoms with Gasteiger partial charge in [0.25, 0.3) is 5.91 Å². The van der Waals surface area contributed by atoms with Gasteiger partial charge < -0.3 is 20.3 Å². The van der Waals surface area contributed by atoms with Crippen LogP contribution in [0.15, 0.2) is 24.3 Å². The van der Waals surface area contributed by atoms with Gasteiger partial charge in [-0.1, -0.05) is 19.1 Å². The van der Waals surface area contributed by atoms with E-state index < -0.39 is 30.2 Å². The van der Waals surface area contributed by atoms with Crippen LogP contribution in [-0.4, -0.2) is 49.9 Å². The first-order chi connectivity index (χ1) is 12.9. The third kappa shape index (κ3) is 5.77. The molecule has 0 aromatic heterocycles. The first kappa shape index (κ1) is 20.3. The monoisotopic (exact) mass is 379 g/mol. The largest absolute Gasteiger partial charge is 0.455 e. The Morgan fingerprint density at radius 3 is 2.67 bits per heavy atom. The number of rotatable bonds is 8. The summed E-state index contributed by atoms with van der Waals surface area (Å²) >= 11 is 0. The van der Waals surface area contributed by atoms with E-state index in [1.165, 1.54) is 23.1 Å². The highest BCUT2D eigenvalue weighted by atomic mass is 19.1. The van der Waals surface area contributed by atoms with Gasteiger partial charge in [0.2, 0.25) is 11.8 Å². The lowest BCUT2D eigenvalue weighted by molar-refractivity contribution is -0.152. The first-order valence-corrected chi connectivity index (χ1v) is 8.67. The molecule has 0 bridgehead atoms. The van der Waals surface area contributed by atoms with Crippen molar-refractivity contribution in [3.63, 3.8) is 0 Å². The molecule has 0 radical (unpaired) electrons. The van der Waals surface area contributed by atoms with Crippen LogP contribution < -0.4 is 15.5 Å². The lowest BCUT2D eigenvalue weighted by Gasteiger charge is -2.17. The minimum absolute atomic E-state index is 0.0142. The molecule has 2 rings (SSSR count). The topological polar surface area (TPSA) is 105 Å². The number of nitrogens with zero attached hydrogens (tertiary/aromatic N) is 1. The molecule has 8 nitrogen and oxygen atoms in total. The molecule has 0 spiro atoms. The Morgan fingerprint density at radius 2 is 1.96 bits per heavy atom. The Bertz CT molecular complexity index is 725. The van der Waals surface area contributed by atoms with Crippen LogP contribution in [0.25, 0.3) is 0 Å². The summed E-state index contributed by atoms with van der Waals surface area (Å²) in [4.78, 5) is 48.4. The summed E-state index contributed by atoms with van der Waals surface area (Å²) in [6, 6.07) is 5.79. The number of halogens is 1. The predicted octanol–water partition coefficient (Wildman–Crippen LogP) is 0.364. The van der Waals surface area contributed by atoms with Gasteiger partial charge in [0, 0.05) is 19.5 Å². The number of para-hydroxylation sites is 1. The normalized spacial score (nSPS) is 16.1. The average molecular weight is 379 g/mol. The van der Waals surface area contributed by atoms with Gasteiger partial charge in [-0.2, -0.15) is 0 Å². The molecule has 2 N–H and O–H groups in total. The maximum atomic E-state index is 13.8. The number of nitrogens with one attached hydrogen (secondary N) is 2. The number of carbonyl (C=O) groups is 4. The van der Waals surface area contributed by atoms with Crippen molar-refractivity contribution < 1.29 is 28.3 Å². The minimum atomic E-state index is -0.780. The van der Waals surface area contributed by atoms with Gasteiger partial charge in [-0.3, -0.25) is 19.2 Å². The number of esters is 1. The lowest BCUT2D eigenvalue weighted by atomic mass is 10.1. The van der Waals surface area contributed by atoms with Crippen LogP contribution >= 0.6 is 0 Å². The van der Waals surface area contributed by atoms with Crippen LogP contribution in [0.1, 0.15) is 19.8 Å². The smallest absolute Gasteiger partial charge is 0.311 e. The third-order valence-electron chi connectivity index (χ3n) is 3.97. The van der Waals surface area contributed by atoms with Crippen molar-refractivity contribution in [3.05, 3.63) is 30.1 Å². The van der Waals surface area contributed by atoms with E-state index >= 15 is 0 Å². The molecule has 1 aliphatic heterocycles. The molecule has 146 valence electrons. The van der Waals surface area contributed by atoms with Crippen LogP contribution in [0, 0.1) is 11.7 Å². The second kappa shape index (κ2) is 9.65. The van der Waals surface area contributed by atoms with Gasteiger partial charge in [-0.05, 0) is 18.6 Å². The molecular weight excluding hydrogens is 357 g/mol. The standard InChI is InChI=1S/C18H22FN3O5/c1-2-7-20-15(23)9-21-16(24)11-27-18(26)12-8-17(25)22(10-12)14-6-4-3-5-13(14)19/h3-6,12H,2,7-11H2,1H3,(H,20,23)(H,21,24)/t12-/m1/s1.